The van der Waals surface area contributed by atoms with Crippen molar-refractivity contribution in [1.29, 1.82) is 0 Å². The summed E-state index contributed by atoms with van der Waals surface area (Å²) in [6.07, 6.45) is -4.56. The van der Waals surface area contributed by atoms with E-state index in [0.29, 0.717) is 24.0 Å². The predicted octanol–water partition coefficient (Wildman–Crippen LogP) is 3.61. The Hall–Kier alpha value is -3.27. The molecule has 0 saturated carbocycles. The number of benzene rings is 2. The Kier molecular flexibility index (Phi) is 6.97. The van der Waals surface area contributed by atoms with Gasteiger partial charge in [-0.05, 0) is 42.0 Å². The fraction of sp³-hybridized carbons (Fsp3) is 0.417. The van der Waals surface area contributed by atoms with Gasteiger partial charge in [0.05, 0.1) is 24.9 Å². The predicted molar refractivity (Wildman–Crippen MR) is 121 cm³/mol. The van der Waals surface area contributed by atoms with Crippen molar-refractivity contribution >= 4 is 23.6 Å². The molecular weight excluding hydrogens is 451 g/mol. The van der Waals surface area contributed by atoms with E-state index < -0.39 is 23.8 Å². The number of halogens is 3. The molecule has 0 radical (unpaired) electrons. The highest BCUT2D eigenvalue weighted by Gasteiger charge is 2.48. The molecule has 0 bridgehead atoms. The summed E-state index contributed by atoms with van der Waals surface area (Å²) in [4.78, 5) is 12.8. The molecule has 2 atom stereocenters. The zero-order valence-electron chi connectivity index (χ0n) is 18.6. The number of ether oxygens (including phenoxy) is 2. The van der Waals surface area contributed by atoms with Gasteiger partial charge in [0.25, 0.3) is 6.47 Å². The largest absolute Gasteiger partial charge is 0.493 e. The number of carbonyl (C=O) groups is 1. The van der Waals surface area contributed by atoms with Gasteiger partial charge in [-0.3, -0.25) is 9.80 Å². The summed E-state index contributed by atoms with van der Waals surface area (Å²) in [5.41, 5.74) is 1.50. The van der Waals surface area contributed by atoms with Crippen LogP contribution in [0, 0.1) is 11.8 Å². The molecule has 34 heavy (non-hydrogen) atoms. The quantitative estimate of drug-likeness (QED) is 0.557. The van der Waals surface area contributed by atoms with Crippen molar-refractivity contribution in [2.45, 2.75) is 25.7 Å². The smallest absolute Gasteiger partial charge is 0.431 e. The van der Waals surface area contributed by atoms with E-state index in [4.69, 9.17) is 9.47 Å². The van der Waals surface area contributed by atoms with E-state index in [1.54, 1.807) is 24.3 Å². The van der Waals surface area contributed by atoms with Gasteiger partial charge in [0, 0.05) is 30.6 Å². The normalized spacial score (nSPS) is 20.7. The molecule has 2 aliphatic heterocycles. The third-order valence-electron chi connectivity index (χ3n) is 6.17. The number of anilines is 2. The van der Waals surface area contributed by atoms with Gasteiger partial charge in [-0.25, -0.2) is 0 Å². The first-order chi connectivity index (χ1) is 16.3. The molecule has 1 saturated heterocycles. The van der Waals surface area contributed by atoms with Crippen LogP contribution >= 0.6 is 0 Å². The average molecular weight is 477 g/mol. The maximum Gasteiger partial charge on any atom is 0.431 e. The molecule has 4 rings (SSSR count). The van der Waals surface area contributed by atoms with Crippen LogP contribution in [0.1, 0.15) is 12.5 Å². The van der Waals surface area contributed by atoms with Gasteiger partial charge in [0.15, 0.2) is 0 Å². The van der Waals surface area contributed by atoms with Crippen molar-refractivity contribution in [3.05, 3.63) is 54.1 Å². The molecule has 0 aliphatic carbocycles. The molecule has 0 spiro atoms. The highest BCUT2D eigenvalue weighted by atomic mass is 19.4. The Balaban J connectivity index is 1.34. The number of aliphatic hydroxyl groups is 1. The summed E-state index contributed by atoms with van der Waals surface area (Å²) < 4.78 is 50.7. The van der Waals surface area contributed by atoms with E-state index in [1.807, 2.05) is 24.3 Å². The van der Waals surface area contributed by atoms with Crippen LogP contribution in [0.15, 0.2) is 53.6 Å². The van der Waals surface area contributed by atoms with Crippen LogP contribution < -0.4 is 14.6 Å². The van der Waals surface area contributed by atoms with Crippen LogP contribution in [-0.2, 0) is 16.1 Å². The summed E-state index contributed by atoms with van der Waals surface area (Å²) in [6, 6.07) is 13.7. The average Bonchev–Trinajstić information content (AvgIpc) is 3.13. The monoisotopic (exact) mass is 477 g/mol. The number of aliphatic hydroxyl groups excluding tert-OH is 1. The second kappa shape index (κ2) is 9.92. The van der Waals surface area contributed by atoms with Gasteiger partial charge in [0.2, 0.25) is 0 Å². The van der Waals surface area contributed by atoms with Crippen molar-refractivity contribution in [3.63, 3.8) is 0 Å². The van der Waals surface area contributed by atoms with E-state index in [1.165, 1.54) is 11.9 Å². The zero-order chi connectivity index (χ0) is 24.3. The van der Waals surface area contributed by atoms with E-state index >= 15 is 0 Å². The number of carbonyl (C=O) groups excluding carboxylic acids is 1. The molecule has 10 heteroatoms. The molecule has 2 aromatic carbocycles. The minimum atomic E-state index is -4.56. The highest BCUT2D eigenvalue weighted by molar-refractivity contribution is 5.95. The van der Waals surface area contributed by atoms with E-state index in [-0.39, 0.29) is 19.7 Å². The molecule has 2 aliphatic rings. The minimum absolute atomic E-state index is 0.00818. The molecule has 0 unspecified atom stereocenters. The van der Waals surface area contributed by atoms with Crippen molar-refractivity contribution in [1.82, 2.24) is 0 Å². The van der Waals surface area contributed by atoms with Crippen molar-refractivity contribution in [3.8, 4) is 5.75 Å². The van der Waals surface area contributed by atoms with Gasteiger partial charge >= 0.3 is 6.18 Å². The molecule has 1 N–H and O–H groups in total. The lowest BCUT2D eigenvalue weighted by Gasteiger charge is -2.41. The first-order valence-corrected chi connectivity index (χ1v) is 11.0. The van der Waals surface area contributed by atoms with E-state index in [0.717, 1.165) is 24.3 Å². The number of nitrogens with zero attached hydrogens (tertiary/aromatic N) is 3. The maximum atomic E-state index is 13.3. The molecule has 2 heterocycles. The highest BCUT2D eigenvalue weighted by Crippen LogP contribution is 2.35. The Morgan fingerprint density at radius 1 is 1.12 bits per heavy atom. The zero-order valence-corrected chi connectivity index (χ0v) is 18.6. The first kappa shape index (κ1) is 23.9. The molecule has 182 valence electrons. The first-order valence-electron chi connectivity index (χ1n) is 11.0. The molecule has 0 amide bonds. The summed E-state index contributed by atoms with van der Waals surface area (Å²) in [7, 11) is 0. The third kappa shape index (κ3) is 5.11. The summed E-state index contributed by atoms with van der Waals surface area (Å²) >= 11 is 0. The Bertz CT molecular complexity index is 1020. The third-order valence-corrected chi connectivity index (χ3v) is 6.17. The van der Waals surface area contributed by atoms with Gasteiger partial charge in [0.1, 0.15) is 18.1 Å². The Morgan fingerprint density at radius 2 is 1.85 bits per heavy atom. The lowest BCUT2D eigenvalue weighted by atomic mass is 9.97. The van der Waals surface area contributed by atoms with Crippen LogP contribution in [-0.4, -0.2) is 55.8 Å². The number of alkyl halides is 3. The van der Waals surface area contributed by atoms with Gasteiger partial charge < -0.3 is 19.5 Å². The topological polar surface area (TPSA) is 74.6 Å². The van der Waals surface area contributed by atoms with Crippen LogP contribution in [0.25, 0.3) is 0 Å². The molecule has 2 aromatic rings. The molecule has 0 aromatic heterocycles. The Morgan fingerprint density at radius 3 is 2.50 bits per heavy atom. The second-order valence-electron chi connectivity index (χ2n) is 8.52. The fourth-order valence-electron chi connectivity index (χ4n) is 4.24. The van der Waals surface area contributed by atoms with Crippen molar-refractivity contribution in [2.75, 3.05) is 36.2 Å². The van der Waals surface area contributed by atoms with Crippen molar-refractivity contribution in [2.24, 2.45) is 16.9 Å². The standard InChI is InChI=1S/C24H26F3N3O4/c1-16-22(14-33-15-32)30(28-23(16)24(25,26)27)19-5-7-21(8-6-19)34-13-18-10-29(11-18)20-4-2-3-17(9-20)12-31/h2-9,15-16,18,22,31H,10-14H2,1H3/t16-,22-/m0/s1. The molecule has 7 nitrogen and oxygen atoms in total. The summed E-state index contributed by atoms with van der Waals surface area (Å²) in [6.45, 7) is 3.64. The molecular formula is C24H26F3N3O4. The van der Waals surface area contributed by atoms with Crippen LogP contribution in [0.4, 0.5) is 24.5 Å². The lowest BCUT2D eigenvalue weighted by Crippen LogP contribution is -2.49. The van der Waals surface area contributed by atoms with Gasteiger partial charge in [-0.2, -0.15) is 18.3 Å². The van der Waals surface area contributed by atoms with Gasteiger partial charge in [-0.15, -0.1) is 0 Å². The number of hydrogen-bond donors (Lipinski definition) is 1. The molecule has 1 fully saturated rings. The van der Waals surface area contributed by atoms with Crippen LogP contribution in [0.2, 0.25) is 0 Å². The van der Waals surface area contributed by atoms with Crippen LogP contribution in [0.3, 0.4) is 0 Å². The van der Waals surface area contributed by atoms with Crippen molar-refractivity contribution < 1.29 is 32.5 Å². The minimum Gasteiger partial charge on any atom is -0.493 e. The van der Waals surface area contributed by atoms with Gasteiger partial charge in [-0.1, -0.05) is 19.1 Å². The maximum absolute atomic E-state index is 13.3. The second-order valence-corrected chi connectivity index (χ2v) is 8.52. The summed E-state index contributed by atoms with van der Waals surface area (Å²) in [5, 5.41) is 14.3. The number of hydrogen-bond acceptors (Lipinski definition) is 7. The Labute approximate surface area is 195 Å². The number of rotatable bonds is 9. The SMILES string of the molecule is C[C@@H]1C(C(F)(F)F)=NN(c2ccc(OCC3CN(c4cccc(CO)c4)C3)cc2)[C@H]1COC=O. The number of hydrazone groups is 1. The van der Waals surface area contributed by atoms with Crippen LogP contribution in [0.5, 0.6) is 5.75 Å². The van der Waals surface area contributed by atoms with E-state index in [9.17, 15) is 23.1 Å². The van der Waals surface area contributed by atoms with E-state index in [2.05, 4.69) is 10.0 Å². The fourth-order valence-corrected chi connectivity index (χ4v) is 4.24. The summed E-state index contributed by atoms with van der Waals surface area (Å²) in [5.74, 6) is 0.00801. The lowest BCUT2D eigenvalue weighted by molar-refractivity contribution is -0.129.